The number of aliphatic hydroxyl groups is 1. The van der Waals surface area contributed by atoms with Crippen LogP contribution in [0.4, 0.5) is 11.5 Å². The summed E-state index contributed by atoms with van der Waals surface area (Å²) in [7, 11) is 0. The fraction of sp³-hybridized carbons (Fsp3) is 0.545. The van der Waals surface area contributed by atoms with E-state index in [1.165, 1.54) is 0 Å². The van der Waals surface area contributed by atoms with Crippen molar-refractivity contribution in [1.82, 2.24) is 4.98 Å². The first-order chi connectivity index (χ1) is 7.19. The molecule has 3 N–H and O–H groups in total. The number of aliphatic hydroxyl groups excluding tert-OH is 1. The Hall–Kier alpha value is -1.29. The Morgan fingerprint density at radius 3 is 2.80 bits per heavy atom. The molecule has 0 fully saturated rings. The second-order valence-corrected chi connectivity index (χ2v) is 3.56. The van der Waals surface area contributed by atoms with Crippen LogP contribution in [0.5, 0.6) is 0 Å². The van der Waals surface area contributed by atoms with Crippen LogP contribution in [-0.4, -0.2) is 29.8 Å². The largest absolute Gasteiger partial charge is 0.397 e. The van der Waals surface area contributed by atoms with Gasteiger partial charge in [-0.25, -0.2) is 4.98 Å². The highest BCUT2D eigenvalue weighted by Crippen LogP contribution is 2.17. The first-order valence-electron chi connectivity index (χ1n) is 5.27. The fourth-order valence-corrected chi connectivity index (χ4v) is 1.42. The van der Waals surface area contributed by atoms with E-state index in [4.69, 9.17) is 10.8 Å². The maximum atomic E-state index is 8.79. The molecule has 0 aromatic carbocycles. The van der Waals surface area contributed by atoms with Crippen LogP contribution in [0.25, 0.3) is 0 Å². The Morgan fingerprint density at radius 2 is 2.27 bits per heavy atom. The lowest BCUT2D eigenvalue weighted by molar-refractivity contribution is 0.289. The second-order valence-electron chi connectivity index (χ2n) is 3.56. The van der Waals surface area contributed by atoms with Crippen LogP contribution in [0.1, 0.15) is 18.9 Å². The molecule has 0 aliphatic rings. The molecule has 0 unspecified atom stereocenters. The third kappa shape index (κ3) is 3.09. The number of pyridine rings is 1. The number of nitrogen functional groups attached to an aromatic ring is 1. The lowest BCUT2D eigenvalue weighted by Gasteiger charge is -2.22. The summed E-state index contributed by atoms with van der Waals surface area (Å²) < 4.78 is 0. The number of aryl methyl sites for hydroxylation is 1. The third-order valence-corrected chi connectivity index (χ3v) is 2.43. The summed E-state index contributed by atoms with van der Waals surface area (Å²) >= 11 is 0. The van der Waals surface area contributed by atoms with Gasteiger partial charge in [0, 0.05) is 19.7 Å². The van der Waals surface area contributed by atoms with Gasteiger partial charge >= 0.3 is 0 Å². The summed E-state index contributed by atoms with van der Waals surface area (Å²) in [6, 6.07) is 1.98. The molecule has 0 saturated heterocycles. The molecule has 1 rings (SSSR count). The van der Waals surface area contributed by atoms with Crippen LogP contribution in [0.2, 0.25) is 0 Å². The van der Waals surface area contributed by atoms with Crippen molar-refractivity contribution in [2.75, 3.05) is 30.3 Å². The van der Waals surface area contributed by atoms with Crippen molar-refractivity contribution in [2.45, 2.75) is 20.3 Å². The number of anilines is 2. The van der Waals surface area contributed by atoms with E-state index in [0.29, 0.717) is 0 Å². The zero-order chi connectivity index (χ0) is 11.3. The lowest BCUT2D eigenvalue weighted by Crippen LogP contribution is -2.25. The van der Waals surface area contributed by atoms with E-state index in [-0.39, 0.29) is 6.61 Å². The van der Waals surface area contributed by atoms with Gasteiger partial charge in [-0.05, 0) is 31.9 Å². The number of hydrogen-bond acceptors (Lipinski definition) is 4. The minimum Gasteiger partial charge on any atom is -0.397 e. The van der Waals surface area contributed by atoms with E-state index in [2.05, 4.69) is 16.8 Å². The minimum atomic E-state index is 0.213. The molecule has 4 heteroatoms. The van der Waals surface area contributed by atoms with Gasteiger partial charge in [-0.2, -0.15) is 0 Å². The number of nitrogens with zero attached hydrogens (tertiary/aromatic N) is 2. The van der Waals surface area contributed by atoms with E-state index in [1.54, 1.807) is 6.20 Å². The molecule has 0 spiro atoms. The number of nitrogens with two attached hydrogens (primary N) is 1. The van der Waals surface area contributed by atoms with Crippen molar-refractivity contribution in [3.05, 3.63) is 17.8 Å². The first-order valence-corrected chi connectivity index (χ1v) is 5.27. The summed E-state index contributed by atoms with van der Waals surface area (Å²) in [5, 5.41) is 8.79. The van der Waals surface area contributed by atoms with Gasteiger partial charge in [-0.15, -0.1) is 0 Å². The van der Waals surface area contributed by atoms with E-state index in [9.17, 15) is 0 Å². The van der Waals surface area contributed by atoms with Crippen molar-refractivity contribution < 1.29 is 5.11 Å². The van der Waals surface area contributed by atoms with Gasteiger partial charge in [0.05, 0.1) is 11.9 Å². The third-order valence-electron chi connectivity index (χ3n) is 2.43. The average Bonchev–Trinajstić information content (AvgIpc) is 2.24. The lowest BCUT2D eigenvalue weighted by atomic mass is 10.2. The summed E-state index contributed by atoms with van der Waals surface area (Å²) in [5.41, 5.74) is 7.47. The molecule has 0 aliphatic carbocycles. The smallest absolute Gasteiger partial charge is 0.128 e. The molecular formula is C11H19N3O. The van der Waals surface area contributed by atoms with E-state index in [1.807, 2.05) is 13.0 Å². The van der Waals surface area contributed by atoms with Crippen molar-refractivity contribution in [3.8, 4) is 0 Å². The second kappa shape index (κ2) is 5.56. The molecule has 4 nitrogen and oxygen atoms in total. The molecule has 84 valence electrons. The fourth-order valence-electron chi connectivity index (χ4n) is 1.42. The van der Waals surface area contributed by atoms with Gasteiger partial charge in [0.1, 0.15) is 5.82 Å². The maximum Gasteiger partial charge on any atom is 0.128 e. The topological polar surface area (TPSA) is 62.4 Å². The van der Waals surface area contributed by atoms with Gasteiger partial charge in [0.25, 0.3) is 0 Å². The first kappa shape index (κ1) is 11.8. The summed E-state index contributed by atoms with van der Waals surface area (Å²) in [5.74, 6) is 0.928. The van der Waals surface area contributed by atoms with E-state index in [0.717, 1.165) is 36.6 Å². The quantitative estimate of drug-likeness (QED) is 0.764. The van der Waals surface area contributed by atoms with Gasteiger partial charge in [0.2, 0.25) is 0 Å². The molecule has 0 aliphatic heterocycles. The Kier molecular flexibility index (Phi) is 4.37. The van der Waals surface area contributed by atoms with Crippen molar-refractivity contribution in [3.63, 3.8) is 0 Å². The molecule has 0 saturated carbocycles. The van der Waals surface area contributed by atoms with E-state index >= 15 is 0 Å². The highest BCUT2D eigenvalue weighted by Gasteiger charge is 2.06. The average molecular weight is 209 g/mol. The minimum absolute atomic E-state index is 0.213. The van der Waals surface area contributed by atoms with Crippen LogP contribution in [0, 0.1) is 6.92 Å². The number of aromatic nitrogens is 1. The molecular weight excluding hydrogens is 190 g/mol. The maximum absolute atomic E-state index is 8.79. The Bertz CT molecular complexity index is 315. The Balaban J connectivity index is 2.78. The normalized spacial score (nSPS) is 10.3. The van der Waals surface area contributed by atoms with Crippen molar-refractivity contribution in [2.24, 2.45) is 0 Å². The molecule has 0 amide bonds. The van der Waals surface area contributed by atoms with E-state index < -0.39 is 0 Å². The van der Waals surface area contributed by atoms with Crippen LogP contribution < -0.4 is 10.6 Å². The van der Waals surface area contributed by atoms with Gasteiger partial charge < -0.3 is 15.7 Å². The number of rotatable bonds is 5. The zero-order valence-corrected chi connectivity index (χ0v) is 9.40. The van der Waals surface area contributed by atoms with Crippen LogP contribution in [0.3, 0.4) is 0 Å². The zero-order valence-electron chi connectivity index (χ0n) is 9.40. The molecule has 0 radical (unpaired) electrons. The van der Waals surface area contributed by atoms with Gasteiger partial charge in [0.15, 0.2) is 0 Å². The van der Waals surface area contributed by atoms with Crippen molar-refractivity contribution >= 4 is 11.5 Å². The molecule has 0 bridgehead atoms. The van der Waals surface area contributed by atoms with Crippen LogP contribution in [-0.2, 0) is 0 Å². The molecule has 1 aromatic heterocycles. The Labute approximate surface area is 90.7 Å². The summed E-state index contributed by atoms with van der Waals surface area (Å²) in [6.07, 6.45) is 2.45. The Morgan fingerprint density at radius 1 is 1.53 bits per heavy atom. The molecule has 0 atom stereocenters. The number of hydrogen-bond donors (Lipinski definition) is 2. The standard InChI is InChI=1S/C11H19N3O/c1-3-14(5-4-6-15)11-7-9(2)10(12)8-13-11/h7-8,15H,3-6,12H2,1-2H3. The van der Waals surface area contributed by atoms with Crippen LogP contribution in [0.15, 0.2) is 12.3 Å². The van der Waals surface area contributed by atoms with Crippen molar-refractivity contribution in [1.29, 1.82) is 0 Å². The molecule has 1 aromatic rings. The van der Waals surface area contributed by atoms with Gasteiger partial charge in [-0.3, -0.25) is 0 Å². The predicted molar refractivity (Wildman–Crippen MR) is 63.0 cm³/mol. The highest BCUT2D eigenvalue weighted by molar-refractivity contribution is 5.52. The monoisotopic (exact) mass is 209 g/mol. The summed E-state index contributed by atoms with van der Waals surface area (Å²) in [4.78, 5) is 6.41. The molecule has 15 heavy (non-hydrogen) atoms. The highest BCUT2D eigenvalue weighted by atomic mass is 16.3. The van der Waals surface area contributed by atoms with Gasteiger partial charge in [-0.1, -0.05) is 0 Å². The van der Waals surface area contributed by atoms with Crippen LogP contribution >= 0.6 is 0 Å². The predicted octanol–water partition coefficient (Wildman–Crippen LogP) is 1.18. The summed E-state index contributed by atoms with van der Waals surface area (Å²) in [6.45, 7) is 5.97. The molecule has 1 heterocycles. The SMILES string of the molecule is CCN(CCCO)c1cc(C)c(N)cn1.